The van der Waals surface area contributed by atoms with Crippen molar-refractivity contribution in [3.63, 3.8) is 0 Å². The van der Waals surface area contributed by atoms with Crippen LogP contribution in [0, 0.1) is 0 Å². The van der Waals surface area contributed by atoms with Crippen molar-refractivity contribution in [1.82, 2.24) is 20.1 Å². The maximum absolute atomic E-state index is 12.4. The Morgan fingerprint density at radius 1 is 1.06 bits per heavy atom. The molecule has 9 nitrogen and oxygen atoms in total. The van der Waals surface area contributed by atoms with Gasteiger partial charge in [0.2, 0.25) is 5.91 Å². The summed E-state index contributed by atoms with van der Waals surface area (Å²) in [6.07, 6.45) is 0. The highest BCUT2D eigenvalue weighted by atomic mass is 32.2. The van der Waals surface area contributed by atoms with Gasteiger partial charge in [-0.2, -0.15) is 0 Å². The Kier molecular flexibility index (Phi) is 7.50. The summed E-state index contributed by atoms with van der Waals surface area (Å²) in [6.45, 7) is 0.191. The first-order chi connectivity index (χ1) is 15.0. The summed E-state index contributed by atoms with van der Waals surface area (Å²) < 4.78 is 12.1. The van der Waals surface area contributed by atoms with Gasteiger partial charge in [0.05, 0.1) is 32.1 Å². The number of hydrogen-bond acceptors (Lipinski definition) is 7. The summed E-state index contributed by atoms with van der Waals surface area (Å²) in [4.78, 5) is 24.7. The van der Waals surface area contributed by atoms with Gasteiger partial charge >= 0.3 is 0 Å². The van der Waals surface area contributed by atoms with E-state index in [1.54, 1.807) is 67.3 Å². The number of ether oxygens (including phenoxy) is 2. The van der Waals surface area contributed by atoms with Crippen LogP contribution in [0.4, 0.5) is 5.69 Å². The van der Waals surface area contributed by atoms with Gasteiger partial charge < -0.3 is 24.7 Å². The maximum atomic E-state index is 12.4. The number of rotatable bonds is 9. The Morgan fingerprint density at radius 2 is 1.87 bits per heavy atom. The second-order valence-electron chi connectivity index (χ2n) is 6.41. The van der Waals surface area contributed by atoms with Gasteiger partial charge in [0.15, 0.2) is 11.0 Å². The van der Waals surface area contributed by atoms with Crippen LogP contribution >= 0.6 is 11.8 Å². The smallest absolute Gasteiger partial charge is 0.255 e. The molecule has 0 aliphatic carbocycles. The van der Waals surface area contributed by atoms with E-state index in [1.807, 2.05) is 0 Å². The summed E-state index contributed by atoms with van der Waals surface area (Å²) in [5, 5.41) is 14.4. The van der Waals surface area contributed by atoms with E-state index in [-0.39, 0.29) is 24.1 Å². The number of methoxy groups -OCH3 is 2. The number of benzene rings is 2. The summed E-state index contributed by atoms with van der Waals surface area (Å²) >= 11 is 1.26. The Balaban J connectivity index is 1.53. The van der Waals surface area contributed by atoms with E-state index < -0.39 is 0 Å². The molecule has 0 aliphatic heterocycles. The highest BCUT2D eigenvalue weighted by molar-refractivity contribution is 7.99. The van der Waals surface area contributed by atoms with Crippen LogP contribution in [0.3, 0.4) is 0 Å². The number of thioether (sulfide) groups is 1. The first kappa shape index (κ1) is 22.2. The van der Waals surface area contributed by atoms with Crippen molar-refractivity contribution in [2.45, 2.75) is 11.7 Å². The first-order valence-electron chi connectivity index (χ1n) is 9.38. The second-order valence-corrected chi connectivity index (χ2v) is 7.35. The monoisotopic (exact) mass is 441 g/mol. The van der Waals surface area contributed by atoms with Gasteiger partial charge in [-0.3, -0.25) is 9.59 Å². The molecule has 0 spiro atoms. The lowest BCUT2D eigenvalue weighted by atomic mass is 10.2. The van der Waals surface area contributed by atoms with Crippen LogP contribution in [0.15, 0.2) is 53.7 Å². The topological polar surface area (TPSA) is 107 Å². The molecule has 162 valence electrons. The van der Waals surface area contributed by atoms with Crippen molar-refractivity contribution in [2.75, 3.05) is 25.3 Å². The number of amides is 2. The number of hydrogen-bond donors (Lipinski definition) is 2. The molecule has 0 bridgehead atoms. The molecule has 0 radical (unpaired) electrons. The summed E-state index contributed by atoms with van der Waals surface area (Å²) in [6, 6.07) is 14.1. The van der Waals surface area contributed by atoms with E-state index >= 15 is 0 Å². The molecule has 0 unspecified atom stereocenters. The highest BCUT2D eigenvalue weighted by Crippen LogP contribution is 2.20. The Hall–Kier alpha value is -3.53. The number of anilines is 1. The average molecular weight is 442 g/mol. The zero-order valence-corrected chi connectivity index (χ0v) is 18.2. The van der Waals surface area contributed by atoms with Crippen LogP contribution in [0.25, 0.3) is 0 Å². The molecule has 2 amide bonds. The van der Waals surface area contributed by atoms with Crippen molar-refractivity contribution < 1.29 is 19.1 Å². The molecule has 0 saturated carbocycles. The third kappa shape index (κ3) is 5.76. The summed E-state index contributed by atoms with van der Waals surface area (Å²) in [5.41, 5.74) is 1.10. The lowest BCUT2D eigenvalue weighted by molar-refractivity contribution is -0.113. The SMILES string of the molecule is COc1cccc(NC(=O)CSc2nnc(CNC(=O)c3ccccc3OC)n2C)c1. The predicted molar refractivity (Wildman–Crippen MR) is 118 cm³/mol. The van der Waals surface area contributed by atoms with Gasteiger partial charge in [-0.05, 0) is 24.3 Å². The van der Waals surface area contributed by atoms with Crippen LogP contribution in [-0.2, 0) is 18.4 Å². The fourth-order valence-corrected chi connectivity index (χ4v) is 3.47. The Morgan fingerprint density at radius 3 is 2.65 bits per heavy atom. The molecular formula is C21H23N5O4S. The zero-order valence-electron chi connectivity index (χ0n) is 17.4. The van der Waals surface area contributed by atoms with Gasteiger partial charge in [0.1, 0.15) is 11.5 Å². The molecule has 0 saturated heterocycles. The predicted octanol–water partition coefficient (Wildman–Crippen LogP) is 2.49. The molecule has 3 rings (SSSR count). The standard InChI is InChI=1S/C21H23N5O4S/c1-26-18(12-22-20(28)16-9-4-5-10-17(16)30-3)24-25-21(26)31-13-19(27)23-14-7-6-8-15(11-14)29-2/h4-11H,12-13H2,1-3H3,(H,22,28)(H,23,27). The van der Waals surface area contributed by atoms with Gasteiger partial charge in [-0.1, -0.05) is 30.0 Å². The van der Waals surface area contributed by atoms with Gasteiger partial charge in [0.25, 0.3) is 5.91 Å². The van der Waals surface area contributed by atoms with E-state index in [0.29, 0.717) is 33.7 Å². The molecule has 1 aromatic heterocycles. The maximum Gasteiger partial charge on any atom is 0.255 e. The van der Waals surface area contributed by atoms with Crippen molar-refractivity contribution in [3.05, 3.63) is 59.9 Å². The minimum Gasteiger partial charge on any atom is -0.497 e. The van der Waals surface area contributed by atoms with Crippen LogP contribution in [-0.4, -0.2) is 46.6 Å². The highest BCUT2D eigenvalue weighted by Gasteiger charge is 2.15. The van der Waals surface area contributed by atoms with Gasteiger partial charge in [-0.15, -0.1) is 10.2 Å². The molecule has 2 N–H and O–H groups in total. The van der Waals surface area contributed by atoms with Gasteiger partial charge in [0, 0.05) is 18.8 Å². The quantitative estimate of drug-likeness (QED) is 0.491. The molecule has 1 heterocycles. The number of nitrogens with zero attached hydrogens (tertiary/aromatic N) is 3. The van der Waals surface area contributed by atoms with Crippen LogP contribution in [0.1, 0.15) is 16.2 Å². The van der Waals surface area contributed by atoms with E-state index in [9.17, 15) is 9.59 Å². The number of nitrogens with one attached hydrogen (secondary N) is 2. The largest absolute Gasteiger partial charge is 0.497 e. The lowest BCUT2D eigenvalue weighted by Crippen LogP contribution is -2.25. The van der Waals surface area contributed by atoms with Crippen molar-refractivity contribution >= 4 is 29.3 Å². The van der Waals surface area contributed by atoms with Gasteiger partial charge in [-0.25, -0.2) is 0 Å². The third-order valence-corrected chi connectivity index (χ3v) is 5.39. The van der Waals surface area contributed by atoms with E-state index in [4.69, 9.17) is 9.47 Å². The Labute approximate surface area is 184 Å². The molecule has 0 atom stereocenters. The Bertz CT molecular complexity index is 1070. The molecule has 31 heavy (non-hydrogen) atoms. The number of para-hydroxylation sites is 1. The van der Waals surface area contributed by atoms with Crippen LogP contribution in [0.2, 0.25) is 0 Å². The van der Waals surface area contributed by atoms with Crippen LogP contribution in [0.5, 0.6) is 11.5 Å². The summed E-state index contributed by atoms with van der Waals surface area (Å²) in [7, 11) is 4.87. The van der Waals surface area contributed by atoms with E-state index in [2.05, 4.69) is 20.8 Å². The minimum absolute atomic E-state index is 0.163. The number of aromatic nitrogens is 3. The average Bonchev–Trinajstić information content (AvgIpc) is 3.15. The lowest BCUT2D eigenvalue weighted by Gasteiger charge is -2.09. The number of carbonyl (C=O) groups excluding carboxylic acids is 2. The molecule has 10 heteroatoms. The molecule has 3 aromatic rings. The molecular weight excluding hydrogens is 418 g/mol. The second kappa shape index (κ2) is 10.5. The number of carbonyl (C=O) groups is 2. The van der Waals surface area contributed by atoms with Crippen molar-refractivity contribution in [1.29, 1.82) is 0 Å². The summed E-state index contributed by atoms with van der Waals surface area (Å²) in [5.74, 6) is 1.45. The molecule has 0 fully saturated rings. The molecule has 2 aromatic carbocycles. The van der Waals surface area contributed by atoms with Crippen molar-refractivity contribution in [2.24, 2.45) is 7.05 Å². The third-order valence-electron chi connectivity index (χ3n) is 4.37. The normalized spacial score (nSPS) is 10.4. The first-order valence-corrected chi connectivity index (χ1v) is 10.4. The van der Waals surface area contributed by atoms with E-state index in [0.717, 1.165) is 0 Å². The fourth-order valence-electron chi connectivity index (χ4n) is 2.74. The van der Waals surface area contributed by atoms with E-state index in [1.165, 1.54) is 18.9 Å². The fraction of sp³-hybridized carbons (Fsp3) is 0.238. The van der Waals surface area contributed by atoms with Crippen LogP contribution < -0.4 is 20.1 Å². The molecule has 0 aliphatic rings. The van der Waals surface area contributed by atoms with Crippen molar-refractivity contribution in [3.8, 4) is 11.5 Å². The zero-order chi connectivity index (χ0) is 22.2. The minimum atomic E-state index is -0.271.